The van der Waals surface area contributed by atoms with E-state index in [1.54, 1.807) is 13.1 Å². The fraction of sp³-hybridized carbons (Fsp3) is 0.379. The molecule has 42 heavy (non-hydrogen) atoms. The van der Waals surface area contributed by atoms with Gasteiger partial charge in [-0.25, -0.2) is 9.97 Å². The van der Waals surface area contributed by atoms with Crippen LogP contribution in [0.25, 0.3) is 11.1 Å². The van der Waals surface area contributed by atoms with Crippen molar-refractivity contribution in [1.29, 1.82) is 0 Å². The molecule has 4 aromatic rings. The number of carbonyl (C=O) groups is 1. The largest absolute Gasteiger partial charge is 0.381 e. The number of ether oxygens (including phenoxy) is 1. The summed E-state index contributed by atoms with van der Waals surface area (Å²) in [6.07, 6.45) is 3.90. The highest BCUT2D eigenvalue weighted by molar-refractivity contribution is 6.00. The van der Waals surface area contributed by atoms with Crippen molar-refractivity contribution < 1.29 is 9.53 Å². The zero-order chi connectivity index (χ0) is 29.2. The number of nitrogens with one attached hydrogen (secondary N) is 4. The van der Waals surface area contributed by atoms with Crippen LogP contribution in [0.3, 0.4) is 0 Å². The number of para-hydroxylation sites is 1. The zero-order valence-electron chi connectivity index (χ0n) is 24.2. The minimum Gasteiger partial charge on any atom is -0.381 e. The molecule has 13 nitrogen and oxygen atoms in total. The summed E-state index contributed by atoms with van der Waals surface area (Å²) < 4.78 is 7.76. The SMILES string of the molecule is CNCc1cc(Nc2cc(Nc3cccc4c3N(C)Cc3c-4cnn3C3CCOCC3)c(C(=O)NC)nn2)nc(C)n1. The van der Waals surface area contributed by atoms with E-state index in [4.69, 9.17) is 9.84 Å². The lowest BCUT2D eigenvalue weighted by Gasteiger charge is -2.32. The van der Waals surface area contributed by atoms with Crippen molar-refractivity contribution in [2.75, 3.05) is 49.9 Å². The lowest BCUT2D eigenvalue weighted by molar-refractivity contribution is 0.0654. The molecule has 0 atom stereocenters. The molecule has 0 unspecified atom stereocenters. The highest BCUT2D eigenvalue weighted by atomic mass is 16.5. The molecule has 0 radical (unpaired) electrons. The summed E-state index contributed by atoms with van der Waals surface area (Å²) in [5.41, 5.74) is 6.81. The van der Waals surface area contributed by atoms with Gasteiger partial charge in [0.1, 0.15) is 11.6 Å². The van der Waals surface area contributed by atoms with Gasteiger partial charge in [-0.15, -0.1) is 10.2 Å². The Morgan fingerprint density at radius 3 is 2.64 bits per heavy atom. The minimum atomic E-state index is -0.344. The Bertz CT molecular complexity index is 1610. The van der Waals surface area contributed by atoms with Crippen LogP contribution in [0.5, 0.6) is 0 Å². The van der Waals surface area contributed by atoms with Crippen LogP contribution in [0, 0.1) is 6.92 Å². The number of aryl methyl sites for hydroxylation is 1. The molecule has 0 bridgehead atoms. The molecule has 218 valence electrons. The molecular formula is C29H35N11O2. The topological polar surface area (TPSA) is 147 Å². The first kappa shape index (κ1) is 27.5. The van der Waals surface area contributed by atoms with Crippen molar-refractivity contribution in [3.63, 3.8) is 0 Å². The molecule has 5 heterocycles. The van der Waals surface area contributed by atoms with Crippen molar-refractivity contribution in [3.8, 4) is 11.1 Å². The van der Waals surface area contributed by atoms with Crippen molar-refractivity contribution in [2.24, 2.45) is 0 Å². The van der Waals surface area contributed by atoms with Crippen molar-refractivity contribution >= 4 is 34.6 Å². The molecule has 0 aliphatic carbocycles. The molecule has 0 saturated carbocycles. The highest BCUT2D eigenvalue weighted by Crippen LogP contribution is 2.45. The average Bonchev–Trinajstić information content (AvgIpc) is 3.41. The Morgan fingerprint density at radius 2 is 1.86 bits per heavy atom. The van der Waals surface area contributed by atoms with Gasteiger partial charge in [-0.1, -0.05) is 12.1 Å². The first-order chi connectivity index (χ1) is 20.4. The third-order valence-electron chi connectivity index (χ3n) is 7.54. The molecule has 3 aromatic heterocycles. The second kappa shape index (κ2) is 11.7. The molecule has 4 N–H and O–H groups in total. The van der Waals surface area contributed by atoms with Gasteiger partial charge in [0.05, 0.1) is 47.2 Å². The Morgan fingerprint density at radius 1 is 1.02 bits per heavy atom. The lowest BCUT2D eigenvalue weighted by Crippen LogP contribution is -2.28. The molecule has 1 saturated heterocycles. The van der Waals surface area contributed by atoms with Crippen molar-refractivity contribution in [3.05, 3.63) is 59.4 Å². The van der Waals surface area contributed by atoms with Gasteiger partial charge >= 0.3 is 0 Å². The van der Waals surface area contributed by atoms with E-state index in [1.807, 2.05) is 38.4 Å². The minimum absolute atomic E-state index is 0.182. The first-order valence-corrected chi connectivity index (χ1v) is 14.1. The molecular weight excluding hydrogens is 534 g/mol. The maximum absolute atomic E-state index is 12.8. The fourth-order valence-corrected chi connectivity index (χ4v) is 5.67. The van der Waals surface area contributed by atoms with E-state index in [2.05, 4.69) is 64.1 Å². The smallest absolute Gasteiger partial charge is 0.273 e. The summed E-state index contributed by atoms with van der Waals surface area (Å²) in [4.78, 5) is 23.9. The molecule has 2 aliphatic rings. The predicted molar refractivity (Wildman–Crippen MR) is 160 cm³/mol. The van der Waals surface area contributed by atoms with Crippen LogP contribution in [0.15, 0.2) is 36.5 Å². The zero-order valence-corrected chi connectivity index (χ0v) is 24.2. The molecule has 6 rings (SSSR count). The van der Waals surface area contributed by atoms with Crippen LogP contribution in [-0.2, 0) is 17.8 Å². The van der Waals surface area contributed by atoms with Crippen LogP contribution >= 0.6 is 0 Å². The van der Waals surface area contributed by atoms with E-state index in [0.717, 1.165) is 54.3 Å². The van der Waals surface area contributed by atoms with Crippen molar-refractivity contribution in [1.82, 2.24) is 40.6 Å². The van der Waals surface area contributed by atoms with Crippen LogP contribution < -0.4 is 26.2 Å². The standard InChI is InChI=1S/C29H35N11O2/c1-17-33-18(14-30-2)12-25(34-17)36-26-13-23(27(38-37-26)29(41)31-3)35-22-7-5-6-20-21-15-32-40(19-8-10-42-11-9-19)24(21)16-39(4)28(20)22/h5-7,12-13,15,19,30H,8-11,14,16H2,1-4H3,(H,31,41)(H2,33,34,35,36,37). The maximum atomic E-state index is 12.8. The number of hydrogen-bond acceptors (Lipinski definition) is 11. The number of fused-ring (bicyclic) bond motifs is 3. The Hall–Kier alpha value is -4.62. The number of anilines is 5. The molecule has 1 fully saturated rings. The highest BCUT2D eigenvalue weighted by Gasteiger charge is 2.29. The molecule has 2 aliphatic heterocycles. The van der Waals surface area contributed by atoms with Crippen LogP contribution in [-0.4, -0.2) is 70.2 Å². The summed E-state index contributed by atoms with van der Waals surface area (Å²) in [6.45, 7) is 4.68. The van der Waals surface area contributed by atoms with E-state index in [-0.39, 0.29) is 11.6 Å². The molecule has 1 amide bonds. The number of carbonyl (C=O) groups excluding carboxylic acids is 1. The van der Waals surface area contributed by atoms with Crippen molar-refractivity contribution in [2.45, 2.75) is 38.9 Å². The van der Waals surface area contributed by atoms with Gasteiger partial charge in [0.25, 0.3) is 5.91 Å². The van der Waals surface area contributed by atoms with Gasteiger partial charge in [0, 0.05) is 57.1 Å². The van der Waals surface area contributed by atoms with Gasteiger partial charge in [-0.3, -0.25) is 9.48 Å². The predicted octanol–water partition coefficient (Wildman–Crippen LogP) is 3.31. The van der Waals surface area contributed by atoms with Gasteiger partial charge in [0.15, 0.2) is 11.5 Å². The summed E-state index contributed by atoms with van der Waals surface area (Å²) in [6, 6.07) is 10.1. The number of benzene rings is 1. The third-order valence-corrected chi connectivity index (χ3v) is 7.54. The van der Waals surface area contributed by atoms with Crippen LogP contribution in [0.2, 0.25) is 0 Å². The average molecular weight is 570 g/mol. The van der Waals surface area contributed by atoms with Gasteiger partial charge in [0.2, 0.25) is 0 Å². The van der Waals surface area contributed by atoms with E-state index >= 15 is 0 Å². The van der Waals surface area contributed by atoms with Gasteiger partial charge < -0.3 is 30.9 Å². The fourth-order valence-electron chi connectivity index (χ4n) is 5.67. The van der Waals surface area contributed by atoms with Gasteiger partial charge in [-0.2, -0.15) is 5.10 Å². The second-order valence-corrected chi connectivity index (χ2v) is 10.5. The lowest BCUT2D eigenvalue weighted by atomic mass is 9.97. The summed E-state index contributed by atoms with van der Waals surface area (Å²) in [7, 11) is 5.51. The number of nitrogens with zero attached hydrogens (tertiary/aromatic N) is 7. The van der Waals surface area contributed by atoms with Crippen LogP contribution in [0.4, 0.5) is 28.7 Å². The Kier molecular flexibility index (Phi) is 7.68. The van der Waals surface area contributed by atoms with E-state index in [0.29, 0.717) is 42.3 Å². The third kappa shape index (κ3) is 5.35. The summed E-state index contributed by atoms with van der Waals surface area (Å²) in [5, 5.41) is 25.8. The normalized spacial score (nSPS) is 14.7. The quantitative estimate of drug-likeness (QED) is 0.248. The van der Waals surface area contributed by atoms with E-state index in [1.165, 1.54) is 5.69 Å². The number of amides is 1. The van der Waals surface area contributed by atoms with E-state index < -0.39 is 0 Å². The monoisotopic (exact) mass is 569 g/mol. The van der Waals surface area contributed by atoms with Crippen LogP contribution in [0.1, 0.15) is 46.6 Å². The number of rotatable bonds is 8. The summed E-state index contributed by atoms with van der Waals surface area (Å²) >= 11 is 0. The van der Waals surface area contributed by atoms with E-state index in [9.17, 15) is 4.79 Å². The summed E-state index contributed by atoms with van der Waals surface area (Å²) in [5.74, 6) is 1.32. The maximum Gasteiger partial charge on any atom is 0.273 e. The van der Waals surface area contributed by atoms with Gasteiger partial charge in [-0.05, 0) is 32.9 Å². The first-order valence-electron chi connectivity index (χ1n) is 14.1. The molecule has 13 heteroatoms. The number of hydrogen-bond donors (Lipinski definition) is 4. The Labute approximate surface area is 244 Å². The number of aromatic nitrogens is 6. The molecule has 0 spiro atoms. The Balaban J connectivity index is 1.35. The molecule has 1 aromatic carbocycles. The second-order valence-electron chi connectivity index (χ2n) is 10.5.